The Morgan fingerprint density at radius 2 is 1.62 bits per heavy atom. The molecule has 1 saturated heterocycles. The molecule has 0 bridgehead atoms. The first-order valence-electron chi connectivity index (χ1n) is 2.48. The molecule has 1 heterocycles. The highest BCUT2D eigenvalue weighted by atomic mass is 31.1. The molecule has 0 amide bonds. The van der Waals surface area contributed by atoms with Crippen molar-refractivity contribution in [3.63, 3.8) is 0 Å². The molecular weight excluding hydrogens is 127 g/mol. The third kappa shape index (κ3) is 1.05. The van der Waals surface area contributed by atoms with Gasteiger partial charge in [0.15, 0.2) is 0 Å². The largest absolute Gasteiger partial charge is 0.390 e. The summed E-state index contributed by atoms with van der Waals surface area (Å²) in [5.74, 6) is 0. The summed E-state index contributed by atoms with van der Waals surface area (Å²) in [5, 5.41) is 17.5. The van der Waals surface area contributed by atoms with Crippen LogP contribution in [0.25, 0.3) is 0 Å². The van der Waals surface area contributed by atoms with E-state index >= 15 is 0 Å². The lowest BCUT2D eigenvalue weighted by Crippen LogP contribution is -2.22. The van der Waals surface area contributed by atoms with E-state index < -0.39 is 20.0 Å². The van der Waals surface area contributed by atoms with E-state index in [1.165, 1.54) is 0 Å². The maximum Gasteiger partial charge on any atom is 0.0905 e. The van der Waals surface area contributed by atoms with Crippen molar-refractivity contribution in [1.29, 1.82) is 0 Å². The predicted octanol–water partition coefficient (Wildman–Crippen LogP) is -0.451. The van der Waals surface area contributed by atoms with Gasteiger partial charge in [-0.05, 0) is 0 Å². The van der Waals surface area contributed by atoms with Crippen LogP contribution < -0.4 is 0 Å². The molecule has 8 heavy (non-hydrogen) atoms. The second kappa shape index (κ2) is 2.09. The highest BCUT2D eigenvalue weighted by Gasteiger charge is 2.28. The van der Waals surface area contributed by atoms with Crippen molar-refractivity contribution in [2.45, 2.75) is 12.2 Å². The Labute approximate surface area is 48.1 Å². The van der Waals surface area contributed by atoms with Gasteiger partial charge in [-0.1, -0.05) is 0 Å². The molecule has 0 saturated carbocycles. The van der Waals surface area contributed by atoms with Crippen LogP contribution in [0.1, 0.15) is 0 Å². The molecule has 2 N–H and O–H groups in total. The first-order chi connectivity index (χ1) is 3.70. The van der Waals surface area contributed by atoms with Gasteiger partial charge in [-0.25, -0.2) is 0 Å². The molecule has 2 unspecified atom stereocenters. The first-order valence-corrected chi connectivity index (χ1v) is 4.11. The molecule has 0 aromatic rings. The normalized spacial score (nSPS) is 43.0. The molecule has 1 rings (SSSR count). The van der Waals surface area contributed by atoms with Gasteiger partial charge in [-0.15, -0.1) is 0 Å². The van der Waals surface area contributed by atoms with Gasteiger partial charge < -0.3 is 10.2 Å². The molecule has 0 aromatic heterocycles. The highest BCUT2D eigenvalue weighted by molar-refractivity contribution is 7.45. The fourth-order valence-corrected chi connectivity index (χ4v) is 2.21. The van der Waals surface area contributed by atoms with Crippen LogP contribution >= 0.6 is 7.80 Å². The van der Waals surface area contributed by atoms with E-state index in [9.17, 15) is 4.57 Å². The summed E-state index contributed by atoms with van der Waals surface area (Å²) in [5.41, 5.74) is 0. The number of hydrogen-bond donors (Lipinski definition) is 2. The Bertz CT molecular complexity index is 102. The van der Waals surface area contributed by atoms with E-state index in [1.807, 2.05) is 0 Å². The average molecular weight is 135 g/mol. The monoisotopic (exact) mass is 135 g/mol. The SMILES string of the molecule is O=[P]1CC(O)C(O)C1. The van der Waals surface area contributed by atoms with Crippen LogP contribution in [-0.2, 0) is 4.57 Å². The molecule has 2 atom stereocenters. The Morgan fingerprint density at radius 3 is 1.75 bits per heavy atom. The number of aliphatic hydroxyl groups is 2. The molecule has 1 fully saturated rings. The minimum Gasteiger partial charge on any atom is -0.390 e. The van der Waals surface area contributed by atoms with Crippen molar-refractivity contribution in [1.82, 2.24) is 0 Å². The first kappa shape index (κ1) is 6.14. The summed E-state index contributed by atoms with van der Waals surface area (Å²) in [6.07, 6.45) is -0.926. The molecule has 0 spiro atoms. The van der Waals surface area contributed by atoms with E-state index in [2.05, 4.69) is 0 Å². The van der Waals surface area contributed by atoms with E-state index in [0.717, 1.165) is 0 Å². The fraction of sp³-hybridized carbons (Fsp3) is 1.00. The van der Waals surface area contributed by atoms with Crippen molar-refractivity contribution in [2.24, 2.45) is 0 Å². The van der Waals surface area contributed by atoms with Crippen molar-refractivity contribution >= 4 is 7.80 Å². The van der Waals surface area contributed by atoms with Gasteiger partial charge in [0.05, 0.1) is 20.0 Å². The molecule has 1 radical (unpaired) electrons. The van der Waals surface area contributed by atoms with Crippen LogP contribution in [0.15, 0.2) is 0 Å². The molecule has 47 valence electrons. The fourth-order valence-electron chi connectivity index (χ4n) is 0.735. The van der Waals surface area contributed by atoms with Gasteiger partial charge in [0, 0.05) is 12.3 Å². The van der Waals surface area contributed by atoms with E-state index in [4.69, 9.17) is 10.2 Å². The minimum atomic E-state index is -1.29. The van der Waals surface area contributed by atoms with E-state index in [1.54, 1.807) is 0 Å². The molecule has 0 aliphatic carbocycles. The van der Waals surface area contributed by atoms with Crippen molar-refractivity contribution in [2.75, 3.05) is 12.3 Å². The maximum atomic E-state index is 10.5. The molecule has 4 heteroatoms. The lowest BCUT2D eigenvalue weighted by molar-refractivity contribution is 0.0572. The topological polar surface area (TPSA) is 57.5 Å². The number of aliphatic hydroxyl groups excluding tert-OH is 2. The van der Waals surface area contributed by atoms with Gasteiger partial charge in [-0.2, -0.15) is 0 Å². The number of hydrogen-bond acceptors (Lipinski definition) is 3. The second-order valence-corrected chi connectivity index (χ2v) is 3.68. The van der Waals surface area contributed by atoms with Gasteiger partial charge in [0.1, 0.15) is 0 Å². The van der Waals surface area contributed by atoms with Gasteiger partial charge in [0.2, 0.25) is 0 Å². The zero-order valence-electron chi connectivity index (χ0n) is 4.32. The molecular formula is C4H8O3P. The summed E-state index contributed by atoms with van der Waals surface area (Å²) in [6.45, 7) is 0. The summed E-state index contributed by atoms with van der Waals surface area (Å²) in [6, 6.07) is 0. The van der Waals surface area contributed by atoms with Crippen LogP contribution in [-0.4, -0.2) is 34.7 Å². The lowest BCUT2D eigenvalue weighted by atomic mass is 10.3. The average Bonchev–Trinajstić information content (AvgIpc) is 1.85. The van der Waals surface area contributed by atoms with Crippen molar-refractivity contribution in [3.05, 3.63) is 0 Å². The van der Waals surface area contributed by atoms with Gasteiger partial charge in [0.25, 0.3) is 0 Å². The predicted molar refractivity (Wildman–Crippen MR) is 29.4 cm³/mol. The van der Waals surface area contributed by atoms with Crippen LogP contribution in [0.5, 0.6) is 0 Å². The molecule has 1 aliphatic heterocycles. The zero-order valence-corrected chi connectivity index (χ0v) is 5.21. The summed E-state index contributed by atoms with van der Waals surface area (Å²) in [7, 11) is -1.29. The summed E-state index contributed by atoms with van der Waals surface area (Å²) >= 11 is 0. The van der Waals surface area contributed by atoms with Crippen LogP contribution in [0.4, 0.5) is 0 Å². The van der Waals surface area contributed by atoms with Crippen molar-refractivity contribution < 1.29 is 14.8 Å². The van der Waals surface area contributed by atoms with E-state index in [-0.39, 0.29) is 12.3 Å². The zero-order chi connectivity index (χ0) is 6.15. The summed E-state index contributed by atoms with van der Waals surface area (Å²) in [4.78, 5) is 0. The summed E-state index contributed by atoms with van der Waals surface area (Å²) < 4.78 is 10.5. The number of rotatable bonds is 0. The molecule has 1 aliphatic rings. The molecule has 3 nitrogen and oxygen atoms in total. The molecule has 0 aromatic carbocycles. The Balaban J connectivity index is 2.51. The Morgan fingerprint density at radius 1 is 1.25 bits per heavy atom. The highest BCUT2D eigenvalue weighted by Crippen LogP contribution is 2.31. The van der Waals surface area contributed by atoms with Crippen LogP contribution in [0, 0.1) is 0 Å². The van der Waals surface area contributed by atoms with Gasteiger partial charge >= 0.3 is 0 Å². The Hall–Kier alpha value is 0.0200. The quantitative estimate of drug-likeness (QED) is 0.442. The van der Waals surface area contributed by atoms with Gasteiger partial charge in [-0.3, -0.25) is 4.57 Å². The minimum absolute atomic E-state index is 0.274. The second-order valence-electron chi connectivity index (χ2n) is 1.98. The van der Waals surface area contributed by atoms with Crippen molar-refractivity contribution in [3.8, 4) is 0 Å². The Kier molecular flexibility index (Phi) is 1.61. The third-order valence-corrected chi connectivity index (χ3v) is 2.79. The smallest absolute Gasteiger partial charge is 0.0905 e. The van der Waals surface area contributed by atoms with E-state index in [0.29, 0.717) is 0 Å². The van der Waals surface area contributed by atoms with Crippen LogP contribution in [0.2, 0.25) is 0 Å². The standard InChI is InChI=1S/C4H8O3P/c5-3-1-8(7)2-4(3)6/h3-6H,1-2H2. The maximum absolute atomic E-state index is 10.5. The third-order valence-electron chi connectivity index (χ3n) is 1.23. The lowest BCUT2D eigenvalue weighted by Gasteiger charge is -2.01. The van der Waals surface area contributed by atoms with Crippen LogP contribution in [0.3, 0.4) is 0 Å².